The van der Waals surface area contributed by atoms with Gasteiger partial charge in [0.1, 0.15) is 9.84 Å². The van der Waals surface area contributed by atoms with Crippen LogP contribution in [0.5, 0.6) is 0 Å². The molecule has 0 radical (unpaired) electrons. The maximum Gasteiger partial charge on any atom is 0.251 e. The Bertz CT molecular complexity index is 672. The minimum absolute atomic E-state index is 0.0835. The molecule has 1 heterocycles. The number of hydrogen-bond donors (Lipinski definition) is 2. The molecule has 112 valence electrons. The zero-order chi connectivity index (χ0) is 15.3. The summed E-state index contributed by atoms with van der Waals surface area (Å²) in [7, 11) is -2.91. The average Bonchev–Trinajstić information content (AvgIpc) is 2.47. The molecule has 3 N–H and O–H groups in total. The predicted octanol–water partition coefficient (Wildman–Crippen LogP) is 0.304. The zero-order valence-electron chi connectivity index (χ0n) is 11.6. The normalized spacial score (nSPS) is 17.6. The molecule has 0 aliphatic carbocycles. The molecule has 1 amide bonds. The van der Waals surface area contributed by atoms with Gasteiger partial charge in [0, 0.05) is 17.2 Å². The molecule has 1 aliphatic rings. The van der Waals surface area contributed by atoms with E-state index in [1.165, 1.54) is 0 Å². The van der Waals surface area contributed by atoms with Crippen LogP contribution in [0.1, 0.15) is 28.8 Å². The highest BCUT2D eigenvalue weighted by Crippen LogP contribution is 2.13. The molecular weight excluding hydrogens is 288 g/mol. The van der Waals surface area contributed by atoms with Gasteiger partial charge >= 0.3 is 0 Å². The summed E-state index contributed by atoms with van der Waals surface area (Å²) in [5, 5.41) is 2.88. The van der Waals surface area contributed by atoms with Gasteiger partial charge in [0.15, 0.2) is 0 Å². The lowest BCUT2D eigenvalue weighted by Crippen LogP contribution is -2.40. The Hall–Kier alpha value is -1.84. The molecule has 2 rings (SSSR count). The van der Waals surface area contributed by atoms with E-state index in [0.29, 0.717) is 18.4 Å². The van der Waals surface area contributed by atoms with Crippen molar-refractivity contribution in [2.24, 2.45) is 5.73 Å². The van der Waals surface area contributed by atoms with Crippen molar-refractivity contribution in [3.05, 3.63) is 35.4 Å². The SMILES string of the molecule is NCC#Cc1cccc(C(=O)NC2CCS(=O)(=O)CC2)c1. The van der Waals surface area contributed by atoms with E-state index in [4.69, 9.17) is 5.73 Å². The number of hydrogen-bond acceptors (Lipinski definition) is 4. The second-order valence-corrected chi connectivity index (χ2v) is 7.29. The highest BCUT2D eigenvalue weighted by molar-refractivity contribution is 7.91. The van der Waals surface area contributed by atoms with Gasteiger partial charge in [-0.25, -0.2) is 8.42 Å². The monoisotopic (exact) mass is 306 g/mol. The van der Waals surface area contributed by atoms with E-state index in [2.05, 4.69) is 17.2 Å². The third-order valence-electron chi connectivity index (χ3n) is 3.35. The summed E-state index contributed by atoms with van der Waals surface area (Å²) in [5.74, 6) is 5.70. The molecule has 5 nitrogen and oxygen atoms in total. The molecule has 1 aliphatic heterocycles. The summed E-state index contributed by atoms with van der Waals surface area (Å²) in [4.78, 5) is 12.2. The lowest BCUT2D eigenvalue weighted by Gasteiger charge is -2.23. The molecule has 1 saturated heterocycles. The first kappa shape index (κ1) is 15.5. The van der Waals surface area contributed by atoms with Crippen LogP contribution in [-0.2, 0) is 9.84 Å². The fourth-order valence-electron chi connectivity index (χ4n) is 2.19. The molecule has 0 spiro atoms. The molecule has 21 heavy (non-hydrogen) atoms. The Morgan fingerprint density at radius 2 is 2.05 bits per heavy atom. The number of sulfone groups is 1. The number of nitrogens with two attached hydrogens (primary N) is 1. The van der Waals surface area contributed by atoms with E-state index in [-0.39, 0.29) is 30.0 Å². The Balaban J connectivity index is 2.01. The molecule has 1 aromatic carbocycles. The van der Waals surface area contributed by atoms with Crippen LogP contribution in [0.25, 0.3) is 0 Å². The number of nitrogens with one attached hydrogen (secondary N) is 1. The van der Waals surface area contributed by atoms with Crippen molar-refractivity contribution in [3.8, 4) is 11.8 Å². The molecule has 0 atom stereocenters. The highest BCUT2D eigenvalue weighted by Gasteiger charge is 2.24. The second-order valence-electron chi connectivity index (χ2n) is 4.99. The number of amides is 1. The van der Waals surface area contributed by atoms with E-state index in [1.807, 2.05) is 6.07 Å². The summed E-state index contributed by atoms with van der Waals surface area (Å²) in [5.41, 5.74) is 6.57. The van der Waals surface area contributed by atoms with Crippen LogP contribution < -0.4 is 11.1 Å². The standard InChI is InChI=1S/C15H18N2O3S/c16-8-2-4-12-3-1-5-13(11-12)15(18)17-14-6-9-21(19,20)10-7-14/h1,3,5,11,14H,6-10,16H2,(H,17,18). The van der Waals surface area contributed by atoms with Gasteiger partial charge in [-0.1, -0.05) is 17.9 Å². The van der Waals surface area contributed by atoms with Crippen LogP contribution in [-0.4, -0.2) is 38.4 Å². The zero-order valence-corrected chi connectivity index (χ0v) is 12.4. The minimum atomic E-state index is -2.91. The molecule has 0 saturated carbocycles. The van der Waals surface area contributed by atoms with Crippen LogP contribution in [0.4, 0.5) is 0 Å². The van der Waals surface area contributed by atoms with Crippen LogP contribution in [0.2, 0.25) is 0 Å². The summed E-state index contributed by atoms with van der Waals surface area (Å²) >= 11 is 0. The topological polar surface area (TPSA) is 89.3 Å². The van der Waals surface area contributed by atoms with Gasteiger partial charge in [-0.3, -0.25) is 4.79 Å². The van der Waals surface area contributed by atoms with Crippen LogP contribution in [0.15, 0.2) is 24.3 Å². The fraction of sp³-hybridized carbons (Fsp3) is 0.400. The van der Waals surface area contributed by atoms with E-state index < -0.39 is 9.84 Å². The summed E-state index contributed by atoms with van der Waals surface area (Å²) in [6.07, 6.45) is 0.946. The average molecular weight is 306 g/mol. The molecule has 1 aromatic rings. The predicted molar refractivity (Wildman–Crippen MR) is 81.5 cm³/mol. The van der Waals surface area contributed by atoms with Crippen LogP contribution in [0.3, 0.4) is 0 Å². The summed E-state index contributed by atoms with van der Waals surface area (Å²) in [6.45, 7) is 0.271. The smallest absolute Gasteiger partial charge is 0.251 e. The first-order valence-corrected chi connectivity index (χ1v) is 8.62. The largest absolute Gasteiger partial charge is 0.349 e. The van der Waals surface area contributed by atoms with Crippen molar-refractivity contribution in [1.29, 1.82) is 0 Å². The Kier molecular flexibility index (Phi) is 4.99. The maximum atomic E-state index is 12.2. The maximum absolute atomic E-state index is 12.2. The molecule has 0 aromatic heterocycles. The Morgan fingerprint density at radius 1 is 1.33 bits per heavy atom. The van der Waals surface area contributed by atoms with Gasteiger partial charge in [-0.05, 0) is 31.0 Å². The number of rotatable bonds is 2. The van der Waals surface area contributed by atoms with Gasteiger partial charge in [0.05, 0.1) is 18.1 Å². The Labute approximate surface area is 124 Å². The lowest BCUT2D eigenvalue weighted by atomic mass is 10.1. The van der Waals surface area contributed by atoms with Crippen molar-refractivity contribution in [2.75, 3.05) is 18.1 Å². The van der Waals surface area contributed by atoms with Gasteiger partial charge in [-0.15, -0.1) is 0 Å². The molecule has 6 heteroatoms. The van der Waals surface area contributed by atoms with Gasteiger partial charge in [0.25, 0.3) is 5.91 Å². The van der Waals surface area contributed by atoms with Gasteiger partial charge < -0.3 is 11.1 Å². The number of benzene rings is 1. The van der Waals surface area contributed by atoms with Crippen LogP contribution in [0, 0.1) is 11.8 Å². The third-order valence-corrected chi connectivity index (χ3v) is 5.06. The third kappa shape index (κ3) is 4.59. The highest BCUT2D eigenvalue weighted by atomic mass is 32.2. The minimum Gasteiger partial charge on any atom is -0.349 e. The number of carbonyl (C=O) groups excluding carboxylic acids is 1. The molecule has 0 unspecified atom stereocenters. The Morgan fingerprint density at radius 3 is 2.71 bits per heavy atom. The van der Waals surface area contributed by atoms with E-state index in [0.717, 1.165) is 5.56 Å². The molecule has 1 fully saturated rings. The van der Waals surface area contributed by atoms with Gasteiger partial charge in [-0.2, -0.15) is 0 Å². The fourth-order valence-corrected chi connectivity index (χ4v) is 3.69. The summed E-state index contributed by atoms with van der Waals surface area (Å²) in [6, 6.07) is 6.91. The van der Waals surface area contributed by atoms with Crippen molar-refractivity contribution < 1.29 is 13.2 Å². The van der Waals surface area contributed by atoms with Crippen molar-refractivity contribution >= 4 is 15.7 Å². The second kappa shape index (κ2) is 6.74. The molecule has 0 bridgehead atoms. The van der Waals surface area contributed by atoms with Crippen molar-refractivity contribution in [2.45, 2.75) is 18.9 Å². The number of carbonyl (C=O) groups is 1. The van der Waals surface area contributed by atoms with E-state index >= 15 is 0 Å². The van der Waals surface area contributed by atoms with Gasteiger partial charge in [0.2, 0.25) is 0 Å². The first-order valence-electron chi connectivity index (χ1n) is 6.80. The van der Waals surface area contributed by atoms with Crippen molar-refractivity contribution in [3.63, 3.8) is 0 Å². The van der Waals surface area contributed by atoms with Crippen LogP contribution >= 0.6 is 0 Å². The van der Waals surface area contributed by atoms with E-state index in [1.54, 1.807) is 18.2 Å². The molecular formula is C15H18N2O3S. The van der Waals surface area contributed by atoms with E-state index in [9.17, 15) is 13.2 Å². The quantitative estimate of drug-likeness (QED) is 0.769. The lowest BCUT2D eigenvalue weighted by molar-refractivity contribution is 0.0934. The summed E-state index contributed by atoms with van der Waals surface area (Å²) < 4.78 is 22.7. The first-order chi connectivity index (χ1) is 10.00. The van der Waals surface area contributed by atoms with Crippen molar-refractivity contribution in [1.82, 2.24) is 5.32 Å².